The number of aromatic nitrogens is 1. The van der Waals surface area contributed by atoms with Gasteiger partial charge in [0.15, 0.2) is 0 Å². The second-order valence-electron chi connectivity index (χ2n) is 5.91. The summed E-state index contributed by atoms with van der Waals surface area (Å²) in [5, 5.41) is 4.81. The number of carbonyl (C=O) groups is 1. The van der Waals surface area contributed by atoms with E-state index in [1.807, 2.05) is 24.4 Å². The van der Waals surface area contributed by atoms with Crippen LogP contribution in [0.2, 0.25) is 0 Å². The maximum absolute atomic E-state index is 12.2. The first-order valence-corrected chi connectivity index (χ1v) is 8.08. The van der Waals surface area contributed by atoms with Crippen molar-refractivity contribution in [3.05, 3.63) is 76.8 Å². The molecule has 2 aromatic carbocycles. The molecule has 0 aliphatic carbocycles. The Labute approximate surface area is 143 Å². The monoisotopic (exact) mass is 332 g/mol. The number of hydrogen-bond acceptors (Lipinski definition) is 3. The molecular formula is C20H16N2O3. The fourth-order valence-corrected chi connectivity index (χ4v) is 2.96. The SMILES string of the molecule is O=C(CCc1c[nH]c2ccccc12)Nc1ccc2oc(=O)ccc2c1. The molecule has 4 rings (SSSR count). The molecule has 0 spiro atoms. The molecule has 124 valence electrons. The van der Waals surface area contributed by atoms with Gasteiger partial charge in [-0.15, -0.1) is 0 Å². The van der Waals surface area contributed by atoms with Crippen molar-refractivity contribution in [1.29, 1.82) is 0 Å². The summed E-state index contributed by atoms with van der Waals surface area (Å²) < 4.78 is 5.09. The van der Waals surface area contributed by atoms with Crippen molar-refractivity contribution in [1.82, 2.24) is 4.98 Å². The average molecular weight is 332 g/mol. The van der Waals surface area contributed by atoms with Crippen molar-refractivity contribution in [2.75, 3.05) is 5.32 Å². The van der Waals surface area contributed by atoms with E-state index in [-0.39, 0.29) is 11.5 Å². The van der Waals surface area contributed by atoms with Gasteiger partial charge in [0.2, 0.25) is 5.91 Å². The summed E-state index contributed by atoms with van der Waals surface area (Å²) in [4.78, 5) is 26.7. The van der Waals surface area contributed by atoms with E-state index in [2.05, 4.69) is 16.4 Å². The van der Waals surface area contributed by atoms with E-state index < -0.39 is 0 Å². The first kappa shape index (κ1) is 15.2. The quantitative estimate of drug-likeness (QED) is 0.557. The van der Waals surface area contributed by atoms with Crippen molar-refractivity contribution >= 4 is 33.5 Å². The van der Waals surface area contributed by atoms with Gasteiger partial charge in [-0.3, -0.25) is 4.79 Å². The molecule has 2 aromatic heterocycles. The molecule has 0 atom stereocenters. The summed E-state index contributed by atoms with van der Waals surface area (Å²) in [5.74, 6) is -0.0537. The van der Waals surface area contributed by atoms with E-state index in [1.54, 1.807) is 24.3 Å². The summed E-state index contributed by atoms with van der Waals surface area (Å²) in [7, 11) is 0. The Morgan fingerprint density at radius 3 is 2.88 bits per heavy atom. The Kier molecular flexibility index (Phi) is 3.82. The number of rotatable bonds is 4. The molecule has 25 heavy (non-hydrogen) atoms. The number of anilines is 1. The van der Waals surface area contributed by atoms with Crippen LogP contribution in [0, 0.1) is 0 Å². The van der Waals surface area contributed by atoms with Gasteiger partial charge in [0.05, 0.1) is 0 Å². The van der Waals surface area contributed by atoms with Crippen LogP contribution in [0.3, 0.4) is 0 Å². The van der Waals surface area contributed by atoms with Gasteiger partial charge in [-0.1, -0.05) is 18.2 Å². The third-order valence-corrected chi connectivity index (χ3v) is 4.20. The molecule has 2 N–H and O–H groups in total. The minimum absolute atomic E-state index is 0.0537. The summed E-state index contributed by atoms with van der Waals surface area (Å²) in [6.07, 6.45) is 3.01. The van der Waals surface area contributed by atoms with E-state index in [1.165, 1.54) is 6.07 Å². The summed E-state index contributed by atoms with van der Waals surface area (Å²) in [5.41, 5.74) is 3.01. The molecule has 2 heterocycles. The summed E-state index contributed by atoms with van der Waals surface area (Å²) in [6, 6.07) is 16.3. The van der Waals surface area contributed by atoms with Gasteiger partial charge < -0.3 is 14.7 Å². The predicted octanol–water partition coefficient (Wildman–Crippen LogP) is 3.85. The Balaban J connectivity index is 1.45. The summed E-state index contributed by atoms with van der Waals surface area (Å²) >= 11 is 0. The number of amides is 1. The molecule has 0 bridgehead atoms. The van der Waals surface area contributed by atoms with Crippen molar-refractivity contribution < 1.29 is 9.21 Å². The minimum Gasteiger partial charge on any atom is -0.423 e. The number of nitrogens with one attached hydrogen (secondary N) is 2. The van der Waals surface area contributed by atoms with Gasteiger partial charge in [-0.05, 0) is 42.3 Å². The number of H-pyrrole nitrogens is 1. The van der Waals surface area contributed by atoms with Crippen LogP contribution < -0.4 is 10.9 Å². The number of aromatic amines is 1. The third kappa shape index (κ3) is 3.17. The molecule has 5 heteroatoms. The fraction of sp³-hybridized carbons (Fsp3) is 0.100. The Morgan fingerprint density at radius 1 is 1.08 bits per heavy atom. The number of carbonyl (C=O) groups excluding carboxylic acids is 1. The van der Waals surface area contributed by atoms with Crippen LogP contribution in [0.5, 0.6) is 0 Å². The van der Waals surface area contributed by atoms with Crippen LogP contribution in [-0.2, 0) is 11.2 Å². The van der Waals surface area contributed by atoms with Gasteiger partial charge in [-0.2, -0.15) is 0 Å². The van der Waals surface area contributed by atoms with Gasteiger partial charge >= 0.3 is 5.63 Å². The Bertz CT molecular complexity index is 1120. The van der Waals surface area contributed by atoms with Crippen LogP contribution in [0.4, 0.5) is 5.69 Å². The highest BCUT2D eigenvalue weighted by Gasteiger charge is 2.08. The standard InChI is InChI=1S/C20H16N2O3/c23-19(9-5-14-12-21-17-4-2-1-3-16(14)17)22-15-7-8-18-13(11-15)6-10-20(24)25-18/h1-4,6-8,10-12,21H,5,9H2,(H,22,23). The van der Waals surface area contributed by atoms with Gasteiger partial charge in [-0.25, -0.2) is 4.79 Å². The number of para-hydroxylation sites is 1. The van der Waals surface area contributed by atoms with E-state index >= 15 is 0 Å². The second-order valence-corrected chi connectivity index (χ2v) is 5.91. The molecule has 0 saturated carbocycles. The average Bonchev–Trinajstić information content (AvgIpc) is 3.03. The number of benzene rings is 2. The molecule has 5 nitrogen and oxygen atoms in total. The van der Waals surface area contributed by atoms with E-state index in [0.29, 0.717) is 24.1 Å². The first-order valence-electron chi connectivity index (χ1n) is 8.08. The van der Waals surface area contributed by atoms with E-state index in [0.717, 1.165) is 21.9 Å². The lowest BCUT2D eigenvalue weighted by molar-refractivity contribution is -0.116. The first-order chi connectivity index (χ1) is 12.2. The zero-order valence-electron chi connectivity index (χ0n) is 13.4. The largest absolute Gasteiger partial charge is 0.423 e. The highest BCUT2D eigenvalue weighted by Crippen LogP contribution is 2.20. The number of fused-ring (bicyclic) bond motifs is 2. The van der Waals surface area contributed by atoms with Crippen molar-refractivity contribution in [3.63, 3.8) is 0 Å². The smallest absolute Gasteiger partial charge is 0.336 e. The van der Waals surface area contributed by atoms with E-state index in [9.17, 15) is 9.59 Å². The van der Waals surface area contributed by atoms with Crippen LogP contribution in [0.15, 0.2) is 70.0 Å². The maximum Gasteiger partial charge on any atom is 0.336 e. The topological polar surface area (TPSA) is 75.1 Å². The van der Waals surface area contributed by atoms with Crippen LogP contribution in [0.1, 0.15) is 12.0 Å². The highest BCUT2D eigenvalue weighted by molar-refractivity contribution is 5.93. The molecule has 4 aromatic rings. The highest BCUT2D eigenvalue weighted by atomic mass is 16.4. The molecule has 0 unspecified atom stereocenters. The van der Waals surface area contributed by atoms with Crippen molar-refractivity contribution in [2.45, 2.75) is 12.8 Å². The Hall–Kier alpha value is -3.34. The lowest BCUT2D eigenvalue weighted by Gasteiger charge is -2.06. The number of hydrogen-bond donors (Lipinski definition) is 2. The molecule has 0 saturated heterocycles. The predicted molar refractivity (Wildman–Crippen MR) is 97.7 cm³/mol. The van der Waals surface area contributed by atoms with Gasteiger partial charge in [0.1, 0.15) is 5.58 Å². The zero-order valence-corrected chi connectivity index (χ0v) is 13.4. The van der Waals surface area contributed by atoms with Crippen LogP contribution in [0.25, 0.3) is 21.9 Å². The molecule has 0 aliphatic heterocycles. The van der Waals surface area contributed by atoms with Crippen molar-refractivity contribution in [2.24, 2.45) is 0 Å². The lowest BCUT2D eigenvalue weighted by atomic mass is 10.1. The summed E-state index contributed by atoms with van der Waals surface area (Å²) in [6.45, 7) is 0. The zero-order chi connectivity index (χ0) is 17.2. The molecule has 0 aliphatic rings. The lowest BCUT2D eigenvalue weighted by Crippen LogP contribution is -2.12. The van der Waals surface area contributed by atoms with Crippen LogP contribution >= 0.6 is 0 Å². The molecule has 1 amide bonds. The van der Waals surface area contributed by atoms with Gasteiger partial charge in [0.25, 0.3) is 0 Å². The second kappa shape index (κ2) is 6.28. The van der Waals surface area contributed by atoms with Crippen molar-refractivity contribution in [3.8, 4) is 0 Å². The Morgan fingerprint density at radius 2 is 1.96 bits per heavy atom. The maximum atomic E-state index is 12.2. The minimum atomic E-state index is -0.386. The van der Waals surface area contributed by atoms with Gasteiger partial charge in [0, 0.05) is 40.7 Å². The normalized spacial score (nSPS) is 11.0. The number of aryl methyl sites for hydroxylation is 1. The van der Waals surface area contributed by atoms with Crippen LogP contribution in [-0.4, -0.2) is 10.9 Å². The molecular weight excluding hydrogens is 316 g/mol. The fourth-order valence-electron chi connectivity index (χ4n) is 2.96. The molecule has 0 fully saturated rings. The third-order valence-electron chi connectivity index (χ3n) is 4.20. The van der Waals surface area contributed by atoms with E-state index in [4.69, 9.17) is 4.42 Å². The molecule has 0 radical (unpaired) electrons.